The first-order valence-corrected chi connectivity index (χ1v) is 14.4. The van der Waals surface area contributed by atoms with Crippen molar-refractivity contribution in [2.45, 2.75) is 130 Å². The van der Waals surface area contributed by atoms with Crippen LogP contribution in [0.2, 0.25) is 0 Å². The number of unbranched alkanes of at least 4 members (excludes halogenated alkanes) is 8. The summed E-state index contributed by atoms with van der Waals surface area (Å²) in [6.45, 7) is 8.87. The maximum atomic E-state index is 10.7. The van der Waals surface area contributed by atoms with Crippen molar-refractivity contribution < 1.29 is 14.9 Å². The summed E-state index contributed by atoms with van der Waals surface area (Å²) in [4.78, 5) is 0. The van der Waals surface area contributed by atoms with Crippen LogP contribution >= 0.6 is 0 Å². The van der Waals surface area contributed by atoms with Gasteiger partial charge in [0, 0.05) is 22.3 Å². The maximum absolute atomic E-state index is 10.7. The number of phenols is 2. The zero-order chi connectivity index (χ0) is 25.5. The highest BCUT2D eigenvalue weighted by Gasteiger charge is 2.19. The van der Waals surface area contributed by atoms with E-state index in [2.05, 4.69) is 27.7 Å². The number of phenolic OH excluding ortho intramolecular Hbond substituents is 2. The molecular weight excluding hydrogens is 432 g/mol. The van der Waals surface area contributed by atoms with Gasteiger partial charge in [-0.1, -0.05) is 79.1 Å². The average Bonchev–Trinajstić information content (AvgIpc) is 2.85. The Hall–Kier alpha value is -2.16. The van der Waals surface area contributed by atoms with Crippen molar-refractivity contribution in [1.29, 1.82) is 0 Å². The van der Waals surface area contributed by atoms with Crippen LogP contribution in [0.25, 0.3) is 0 Å². The largest absolute Gasteiger partial charge is 0.508 e. The molecule has 0 aromatic heterocycles. The van der Waals surface area contributed by atoms with Crippen molar-refractivity contribution in [3.05, 3.63) is 46.5 Å². The summed E-state index contributed by atoms with van der Waals surface area (Å²) in [7, 11) is 0. The Balaban J connectivity index is 2.46. The molecule has 0 unspecified atom stereocenters. The Morgan fingerprint density at radius 2 is 0.771 bits per heavy atom. The molecule has 3 heteroatoms. The van der Waals surface area contributed by atoms with Gasteiger partial charge in [-0.3, -0.25) is 0 Å². The Morgan fingerprint density at radius 3 is 1.09 bits per heavy atom. The quantitative estimate of drug-likeness (QED) is 0.208. The SMILES string of the molecule is CCCCCc1c(O)ccc(Oc2ccc(O)c(CCCCC)c2CCCCC)c1CCCCC. The van der Waals surface area contributed by atoms with Crippen molar-refractivity contribution in [1.82, 2.24) is 0 Å². The van der Waals surface area contributed by atoms with Crippen LogP contribution in [-0.2, 0) is 25.7 Å². The summed E-state index contributed by atoms with van der Waals surface area (Å²) in [6.07, 6.45) is 17.3. The van der Waals surface area contributed by atoms with Crippen LogP contribution in [0.1, 0.15) is 127 Å². The normalized spacial score (nSPS) is 11.2. The molecule has 0 amide bonds. The Labute approximate surface area is 214 Å². The lowest BCUT2D eigenvalue weighted by Crippen LogP contribution is -2.03. The fourth-order valence-corrected chi connectivity index (χ4v) is 4.94. The van der Waals surface area contributed by atoms with Gasteiger partial charge >= 0.3 is 0 Å². The molecule has 0 heterocycles. The van der Waals surface area contributed by atoms with Crippen molar-refractivity contribution >= 4 is 0 Å². The fourth-order valence-electron chi connectivity index (χ4n) is 4.94. The molecule has 0 saturated heterocycles. The van der Waals surface area contributed by atoms with Gasteiger partial charge in [0.1, 0.15) is 23.0 Å². The second kappa shape index (κ2) is 16.5. The first-order valence-electron chi connectivity index (χ1n) is 14.4. The Morgan fingerprint density at radius 1 is 0.457 bits per heavy atom. The van der Waals surface area contributed by atoms with Gasteiger partial charge in [0.05, 0.1) is 0 Å². The second-order valence-electron chi connectivity index (χ2n) is 10.0. The minimum absolute atomic E-state index is 0.397. The van der Waals surface area contributed by atoms with E-state index in [0.29, 0.717) is 11.5 Å². The average molecular weight is 483 g/mol. The van der Waals surface area contributed by atoms with Crippen LogP contribution in [0.4, 0.5) is 0 Å². The molecule has 0 spiro atoms. The molecule has 0 radical (unpaired) electrons. The lowest BCUT2D eigenvalue weighted by molar-refractivity contribution is 0.439. The van der Waals surface area contributed by atoms with Gasteiger partial charge < -0.3 is 14.9 Å². The zero-order valence-corrected chi connectivity index (χ0v) is 22.9. The van der Waals surface area contributed by atoms with Crippen LogP contribution in [0.15, 0.2) is 24.3 Å². The van der Waals surface area contributed by atoms with Crippen LogP contribution in [0, 0.1) is 0 Å². The molecule has 2 aromatic rings. The lowest BCUT2D eigenvalue weighted by Gasteiger charge is -2.21. The first kappa shape index (κ1) is 29.1. The van der Waals surface area contributed by atoms with E-state index in [1.54, 1.807) is 12.1 Å². The Bertz CT molecular complexity index is 800. The molecule has 2 rings (SSSR count). The third kappa shape index (κ3) is 9.09. The number of aromatic hydroxyl groups is 2. The topological polar surface area (TPSA) is 49.7 Å². The van der Waals surface area contributed by atoms with E-state index in [0.717, 1.165) is 98.0 Å². The monoisotopic (exact) mass is 482 g/mol. The number of rotatable bonds is 18. The van der Waals surface area contributed by atoms with Crippen molar-refractivity contribution in [3.8, 4) is 23.0 Å². The van der Waals surface area contributed by atoms with Gasteiger partial charge in [0.2, 0.25) is 0 Å². The Kier molecular flexibility index (Phi) is 13.7. The number of hydrogen-bond acceptors (Lipinski definition) is 3. The molecule has 0 fully saturated rings. The number of hydrogen-bond donors (Lipinski definition) is 2. The lowest BCUT2D eigenvalue weighted by atomic mass is 9.94. The predicted octanol–water partition coefficient (Wildman–Crippen LogP) is 9.82. The van der Waals surface area contributed by atoms with E-state index >= 15 is 0 Å². The highest BCUT2D eigenvalue weighted by Crippen LogP contribution is 2.39. The summed E-state index contributed by atoms with van der Waals surface area (Å²) in [5, 5.41) is 21.5. The van der Waals surface area contributed by atoms with E-state index in [4.69, 9.17) is 4.74 Å². The summed E-state index contributed by atoms with van der Waals surface area (Å²) >= 11 is 0. The molecule has 0 aliphatic carbocycles. The van der Waals surface area contributed by atoms with Gasteiger partial charge in [0.15, 0.2) is 0 Å². The smallest absolute Gasteiger partial charge is 0.131 e. The summed E-state index contributed by atoms with van der Waals surface area (Å²) in [5.41, 5.74) is 4.44. The highest BCUT2D eigenvalue weighted by molar-refractivity contribution is 5.53. The maximum Gasteiger partial charge on any atom is 0.131 e. The molecule has 0 aliphatic heterocycles. The van der Waals surface area contributed by atoms with Crippen molar-refractivity contribution in [2.75, 3.05) is 0 Å². The summed E-state index contributed by atoms with van der Waals surface area (Å²) in [5.74, 6) is 2.53. The first-order chi connectivity index (χ1) is 17.1. The van der Waals surface area contributed by atoms with E-state index in [-0.39, 0.29) is 0 Å². The summed E-state index contributed by atoms with van der Waals surface area (Å²) in [6, 6.07) is 7.50. The third-order valence-electron chi connectivity index (χ3n) is 7.07. The molecule has 3 nitrogen and oxygen atoms in total. The summed E-state index contributed by atoms with van der Waals surface area (Å²) < 4.78 is 6.68. The van der Waals surface area contributed by atoms with Gasteiger partial charge in [-0.25, -0.2) is 0 Å². The molecule has 0 saturated carbocycles. The predicted molar refractivity (Wildman–Crippen MR) is 149 cm³/mol. The van der Waals surface area contributed by atoms with E-state index in [1.807, 2.05) is 12.1 Å². The number of ether oxygens (including phenoxy) is 1. The minimum Gasteiger partial charge on any atom is -0.508 e. The van der Waals surface area contributed by atoms with Crippen LogP contribution in [-0.4, -0.2) is 10.2 Å². The molecule has 2 N–H and O–H groups in total. The van der Waals surface area contributed by atoms with Gasteiger partial charge in [0.25, 0.3) is 0 Å². The van der Waals surface area contributed by atoms with Crippen LogP contribution < -0.4 is 4.74 Å². The molecular formula is C32H50O3. The van der Waals surface area contributed by atoms with Crippen molar-refractivity contribution in [3.63, 3.8) is 0 Å². The third-order valence-corrected chi connectivity index (χ3v) is 7.07. The van der Waals surface area contributed by atoms with Gasteiger partial charge in [-0.2, -0.15) is 0 Å². The van der Waals surface area contributed by atoms with Gasteiger partial charge in [-0.05, 0) is 75.6 Å². The molecule has 0 atom stereocenters. The minimum atomic E-state index is 0.397. The molecule has 196 valence electrons. The number of benzene rings is 2. The molecule has 0 aliphatic rings. The highest BCUT2D eigenvalue weighted by atomic mass is 16.5. The fraction of sp³-hybridized carbons (Fsp3) is 0.625. The van der Waals surface area contributed by atoms with E-state index in [1.165, 1.54) is 38.5 Å². The molecule has 35 heavy (non-hydrogen) atoms. The van der Waals surface area contributed by atoms with E-state index < -0.39 is 0 Å². The molecule has 2 aromatic carbocycles. The van der Waals surface area contributed by atoms with Gasteiger partial charge in [-0.15, -0.1) is 0 Å². The van der Waals surface area contributed by atoms with Crippen LogP contribution in [0.3, 0.4) is 0 Å². The second-order valence-corrected chi connectivity index (χ2v) is 10.0. The standard InChI is InChI=1S/C32H50O3/c1-5-9-13-17-25-27(19-15-11-7-3)31(23-21-29(25)33)35-32-24-22-30(34)26(18-14-10-6-2)28(32)20-16-12-8-4/h21-24,33-34H,5-20H2,1-4H3. The van der Waals surface area contributed by atoms with Crippen LogP contribution in [0.5, 0.6) is 23.0 Å². The van der Waals surface area contributed by atoms with Crippen molar-refractivity contribution in [2.24, 2.45) is 0 Å². The van der Waals surface area contributed by atoms with E-state index in [9.17, 15) is 10.2 Å². The molecule has 0 bridgehead atoms. The zero-order valence-electron chi connectivity index (χ0n) is 22.9.